The summed E-state index contributed by atoms with van der Waals surface area (Å²) in [5.41, 5.74) is 1.72. The van der Waals surface area contributed by atoms with Crippen molar-refractivity contribution in [2.75, 3.05) is 11.5 Å². The highest BCUT2D eigenvalue weighted by Crippen LogP contribution is 2.29. The summed E-state index contributed by atoms with van der Waals surface area (Å²) in [4.78, 5) is 4.49. The Labute approximate surface area is 108 Å². The molecule has 0 aromatic carbocycles. The van der Waals surface area contributed by atoms with Gasteiger partial charge in [-0.3, -0.25) is 4.40 Å². The number of sulfone groups is 1. The van der Waals surface area contributed by atoms with Crippen molar-refractivity contribution in [2.24, 2.45) is 0 Å². The van der Waals surface area contributed by atoms with Crippen LogP contribution < -0.4 is 0 Å². The van der Waals surface area contributed by atoms with Gasteiger partial charge in [0.1, 0.15) is 5.65 Å². The van der Waals surface area contributed by atoms with Gasteiger partial charge in [0.15, 0.2) is 9.84 Å². The molecule has 0 radical (unpaired) electrons. The molecule has 17 heavy (non-hydrogen) atoms. The van der Waals surface area contributed by atoms with Gasteiger partial charge in [0.2, 0.25) is 0 Å². The van der Waals surface area contributed by atoms with E-state index in [0.717, 1.165) is 15.9 Å². The van der Waals surface area contributed by atoms with E-state index in [-0.39, 0.29) is 17.4 Å². The number of rotatable bonds is 1. The maximum Gasteiger partial charge on any atom is 0.151 e. The predicted octanol–water partition coefficient (Wildman–Crippen LogP) is 2.00. The van der Waals surface area contributed by atoms with Crippen LogP contribution in [0.2, 0.25) is 0 Å². The minimum absolute atomic E-state index is 0.0480. The van der Waals surface area contributed by atoms with Crippen LogP contribution in [-0.2, 0) is 9.84 Å². The zero-order valence-electron chi connectivity index (χ0n) is 9.01. The smallest absolute Gasteiger partial charge is 0.151 e. The first-order valence-corrected chi connectivity index (χ1v) is 8.00. The van der Waals surface area contributed by atoms with E-state index in [9.17, 15) is 8.42 Å². The Hall–Kier alpha value is -0.880. The van der Waals surface area contributed by atoms with Gasteiger partial charge in [-0.1, -0.05) is 6.07 Å². The van der Waals surface area contributed by atoms with Crippen LogP contribution in [0.5, 0.6) is 0 Å². The Bertz CT molecular complexity index is 678. The van der Waals surface area contributed by atoms with Gasteiger partial charge in [0, 0.05) is 12.1 Å². The lowest BCUT2D eigenvalue weighted by atomic mass is 10.1. The first kappa shape index (κ1) is 11.2. The first-order chi connectivity index (χ1) is 8.05. The average molecular weight is 315 g/mol. The summed E-state index contributed by atoms with van der Waals surface area (Å²) in [6.07, 6.45) is 2.61. The van der Waals surface area contributed by atoms with Gasteiger partial charge in [-0.05, 0) is 34.5 Å². The molecule has 1 fully saturated rings. The molecule has 1 saturated heterocycles. The number of aromatic nitrogens is 2. The molecule has 1 unspecified atom stereocenters. The fourth-order valence-corrected chi connectivity index (χ4v) is 4.42. The molecule has 1 aliphatic heterocycles. The van der Waals surface area contributed by atoms with E-state index >= 15 is 0 Å². The lowest BCUT2D eigenvalue weighted by molar-refractivity contribution is 0.601. The highest BCUT2D eigenvalue weighted by atomic mass is 79.9. The number of nitrogens with zero attached hydrogens (tertiary/aromatic N) is 2. The lowest BCUT2D eigenvalue weighted by Gasteiger charge is -2.00. The van der Waals surface area contributed by atoms with Gasteiger partial charge >= 0.3 is 0 Å². The van der Waals surface area contributed by atoms with Crippen molar-refractivity contribution in [3.63, 3.8) is 0 Å². The molecule has 0 N–H and O–H groups in total. The van der Waals surface area contributed by atoms with Gasteiger partial charge in [0.05, 0.1) is 21.8 Å². The molecule has 0 spiro atoms. The molecular weight excluding hydrogens is 304 g/mol. The van der Waals surface area contributed by atoms with E-state index in [2.05, 4.69) is 20.9 Å². The van der Waals surface area contributed by atoms with Crippen molar-refractivity contribution in [1.82, 2.24) is 9.38 Å². The second-order valence-electron chi connectivity index (χ2n) is 4.34. The van der Waals surface area contributed by atoms with Crippen LogP contribution >= 0.6 is 15.9 Å². The van der Waals surface area contributed by atoms with Crippen molar-refractivity contribution in [3.8, 4) is 0 Å². The van der Waals surface area contributed by atoms with Crippen molar-refractivity contribution in [2.45, 2.75) is 12.3 Å². The monoisotopic (exact) mass is 314 g/mol. The maximum atomic E-state index is 11.5. The van der Waals surface area contributed by atoms with Crippen LogP contribution in [0, 0.1) is 0 Å². The topological polar surface area (TPSA) is 51.4 Å². The molecule has 0 amide bonds. The molecule has 4 nitrogen and oxygen atoms in total. The molecule has 0 aliphatic carbocycles. The summed E-state index contributed by atoms with van der Waals surface area (Å²) >= 11 is 3.45. The zero-order chi connectivity index (χ0) is 12.0. The summed E-state index contributed by atoms with van der Waals surface area (Å²) in [5, 5.41) is 0. The van der Waals surface area contributed by atoms with E-state index in [0.29, 0.717) is 6.42 Å². The molecule has 1 atom stereocenters. The Kier molecular flexibility index (Phi) is 2.52. The third-order valence-corrected chi connectivity index (χ3v) is 5.53. The number of fused-ring (bicyclic) bond motifs is 1. The van der Waals surface area contributed by atoms with Crippen molar-refractivity contribution in [1.29, 1.82) is 0 Å². The van der Waals surface area contributed by atoms with Crippen LogP contribution in [0.4, 0.5) is 0 Å². The summed E-state index contributed by atoms with van der Waals surface area (Å²) in [6.45, 7) is 0. The second-order valence-corrected chi connectivity index (χ2v) is 7.38. The van der Waals surface area contributed by atoms with Gasteiger partial charge in [-0.15, -0.1) is 0 Å². The van der Waals surface area contributed by atoms with E-state index in [4.69, 9.17) is 0 Å². The normalized spacial score (nSPS) is 23.2. The summed E-state index contributed by atoms with van der Waals surface area (Å²) in [7, 11) is -2.85. The summed E-state index contributed by atoms with van der Waals surface area (Å²) in [6, 6.07) is 5.77. The molecule has 0 bridgehead atoms. The molecule has 6 heteroatoms. The fraction of sp³-hybridized carbons (Fsp3) is 0.364. The second kappa shape index (κ2) is 3.81. The van der Waals surface area contributed by atoms with Crippen molar-refractivity contribution < 1.29 is 8.42 Å². The van der Waals surface area contributed by atoms with E-state index in [1.165, 1.54) is 0 Å². The minimum Gasteiger partial charge on any atom is -0.294 e. The van der Waals surface area contributed by atoms with Gasteiger partial charge < -0.3 is 0 Å². The number of hydrogen-bond donors (Lipinski definition) is 0. The summed E-state index contributed by atoms with van der Waals surface area (Å²) in [5.74, 6) is 0.563. The summed E-state index contributed by atoms with van der Waals surface area (Å²) < 4.78 is 25.8. The van der Waals surface area contributed by atoms with E-state index in [1.54, 1.807) is 0 Å². The molecule has 0 saturated carbocycles. The number of pyridine rings is 1. The molecule has 2 aromatic rings. The van der Waals surface area contributed by atoms with Crippen LogP contribution in [0.15, 0.2) is 29.0 Å². The highest BCUT2D eigenvalue weighted by Gasteiger charge is 2.30. The Balaban J connectivity index is 2.05. The highest BCUT2D eigenvalue weighted by molar-refractivity contribution is 9.10. The van der Waals surface area contributed by atoms with Crippen molar-refractivity contribution in [3.05, 3.63) is 34.7 Å². The number of halogens is 1. The third kappa shape index (κ3) is 1.99. The maximum absolute atomic E-state index is 11.5. The molecule has 3 heterocycles. The number of imidazole rings is 1. The Morgan fingerprint density at radius 1 is 1.41 bits per heavy atom. The van der Waals surface area contributed by atoms with Crippen LogP contribution in [-0.4, -0.2) is 29.3 Å². The van der Waals surface area contributed by atoms with Gasteiger partial charge in [0.25, 0.3) is 0 Å². The minimum atomic E-state index is -2.85. The molecule has 90 valence electrons. The van der Waals surface area contributed by atoms with Gasteiger partial charge in [-0.25, -0.2) is 13.4 Å². The molecule has 1 aliphatic rings. The Morgan fingerprint density at radius 2 is 2.24 bits per heavy atom. The third-order valence-electron chi connectivity index (χ3n) is 3.11. The molecular formula is C11H11BrN2O2S. The fourth-order valence-electron chi connectivity index (χ4n) is 2.22. The van der Waals surface area contributed by atoms with Crippen LogP contribution in [0.3, 0.4) is 0 Å². The number of hydrogen-bond acceptors (Lipinski definition) is 3. The molecule has 2 aromatic heterocycles. The van der Waals surface area contributed by atoms with E-state index < -0.39 is 9.84 Å². The Morgan fingerprint density at radius 3 is 2.88 bits per heavy atom. The van der Waals surface area contributed by atoms with E-state index in [1.807, 2.05) is 28.8 Å². The SMILES string of the molecule is O=S1(=O)CCC(c2cn3c(Br)cccc3n2)C1. The largest absolute Gasteiger partial charge is 0.294 e. The van der Waals surface area contributed by atoms with Gasteiger partial charge in [-0.2, -0.15) is 0 Å². The average Bonchev–Trinajstić information content (AvgIpc) is 2.82. The standard InChI is InChI=1S/C11H11BrN2O2S/c12-10-2-1-3-11-13-9(6-14(10)11)8-4-5-17(15,16)7-8/h1-3,6,8H,4-5,7H2. The zero-order valence-corrected chi connectivity index (χ0v) is 11.4. The van der Waals surface area contributed by atoms with Crippen LogP contribution in [0.25, 0.3) is 5.65 Å². The molecule has 3 rings (SSSR count). The first-order valence-electron chi connectivity index (χ1n) is 5.39. The van der Waals surface area contributed by atoms with Crippen molar-refractivity contribution >= 4 is 31.4 Å². The predicted molar refractivity (Wildman–Crippen MR) is 68.9 cm³/mol. The van der Waals surface area contributed by atoms with Crippen LogP contribution in [0.1, 0.15) is 18.0 Å². The lowest BCUT2D eigenvalue weighted by Crippen LogP contribution is -2.03. The quantitative estimate of drug-likeness (QED) is 0.756.